The summed E-state index contributed by atoms with van der Waals surface area (Å²) in [5, 5.41) is 11.4. The number of hydrogen-bond donors (Lipinski definition) is 1. The number of carbonyl (C=O) groups is 1. The normalized spacial score (nSPS) is 12.0. The van der Waals surface area contributed by atoms with Gasteiger partial charge in [-0.3, -0.25) is 4.79 Å². The number of hydrogen-bond acceptors (Lipinski definition) is 4. The number of rotatable bonds is 5. The third-order valence-electron chi connectivity index (χ3n) is 4.06. The van der Waals surface area contributed by atoms with E-state index >= 15 is 0 Å². The molecule has 140 valence electrons. The number of carbonyl (C=O) groups excluding carboxylic acids is 1. The highest BCUT2D eigenvalue weighted by atomic mass is 35.5. The third-order valence-corrected chi connectivity index (χ3v) is 5.43. The first-order valence-corrected chi connectivity index (χ1v) is 9.50. The van der Waals surface area contributed by atoms with Crippen LogP contribution < -0.4 is 5.32 Å². The van der Waals surface area contributed by atoms with Crippen LogP contribution >= 0.6 is 23.4 Å². The lowest BCUT2D eigenvalue weighted by Crippen LogP contribution is -2.23. The van der Waals surface area contributed by atoms with E-state index in [0.29, 0.717) is 5.16 Å². The lowest BCUT2D eigenvalue weighted by Gasteiger charge is -2.12. The van der Waals surface area contributed by atoms with Crippen molar-refractivity contribution < 1.29 is 9.18 Å². The predicted octanol–water partition coefficient (Wildman–Crippen LogP) is 4.70. The molecule has 3 aromatic rings. The van der Waals surface area contributed by atoms with Gasteiger partial charge in [0.1, 0.15) is 5.82 Å². The molecule has 0 aliphatic heterocycles. The maximum atomic E-state index is 13.9. The SMILES string of the molecule is Cc1ccccc1-c1nnc(S[C@@H](C)C(=O)Nc2ccc(Cl)cc2F)n1C. The van der Waals surface area contributed by atoms with Crippen molar-refractivity contribution in [1.82, 2.24) is 14.8 Å². The van der Waals surface area contributed by atoms with E-state index in [4.69, 9.17) is 11.6 Å². The molecular formula is C19H18ClFN4OS. The number of aromatic nitrogens is 3. The van der Waals surface area contributed by atoms with E-state index in [1.807, 2.05) is 42.8 Å². The van der Waals surface area contributed by atoms with Gasteiger partial charge in [-0.05, 0) is 37.6 Å². The molecule has 0 saturated carbocycles. The average molecular weight is 405 g/mol. The molecule has 1 heterocycles. The zero-order valence-electron chi connectivity index (χ0n) is 15.0. The van der Waals surface area contributed by atoms with Gasteiger partial charge in [0.2, 0.25) is 5.91 Å². The molecule has 1 N–H and O–H groups in total. The Bertz CT molecular complexity index is 992. The topological polar surface area (TPSA) is 59.8 Å². The van der Waals surface area contributed by atoms with Crippen LogP contribution in [0.4, 0.5) is 10.1 Å². The van der Waals surface area contributed by atoms with Crippen molar-refractivity contribution in [2.45, 2.75) is 24.3 Å². The van der Waals surface area contributed by atoms with Crippen LogP contribution in [0.1, 0.15) is 12.5 Å². The summed E-state index contributed by atoms with van der Waals surface area (Å²) in [7, 11) is 1.85. The van der Waals surface area contributed by atoms with E-state index in [1.165, 1.54) is 23.9 Å². The molecule has 1 aromatic heterocycles. The highest BCUT2D eigenvalue weighted by Gasteiger charge is 2.20. The van der Waals surface area contributed by atoms with Crippen molar-refractivity contribution in [1.29, 1.82) is 0 Å². The first-order valence-electron chi connectivity index (χ1n) is 8.24. The highest BCUT2D eigenvalue weighted by Crippen LogP contribution is 2.28. The highest BCUT2D eigenvalue weighted by molar-refractivity contribution is 8.00. The Labute approximate surface area is 166 Å². The van der Waals surface area contributed by atoms with Gasteiger partial charge in [0, 0.05) is 17.6 Å². The second kappa shape index (κ2) is 8.10. The zero-order chi connectivity index (χ0) is 19.6. The van der Waals surface area contributed by atoms with Crippen molar-refractivity contribution in [3.63, 3.8) is 0 Å². The summed E-state index contributed by atoms with van der Waals surface area (Å²) in [6.45, 7) is 3.74. The number of halogens is 2. The molecule has 1 amide bonds. The van der Waals surface area contributed by atoms with E-state index in [1.54, 1.807) is 6.92 Å². The van der Waals surface area contributed by atoms with E-state index in [0.717, 1.165) is 23.0 Å². The van der Waals surface area contributed by atoms with Gasteiger partial charge in [-0.2, -0.15) is 0 Å². The van der Waals surface area contributed by atoms with Crippen molar-refractivity contribution in [2.24, 2.45) is 7.05 Å². The molecule has 0 radical (unpaired) electrons. The van der Waals surface area contributed by atoms with Crippen LogP contribution in [-0.2, 0) is 11.8 Å². The molecule has 0 aliphatic carbocycles. The number of benzene rings is 2. The molecule has 2 aromatic carbocycles. The lowest BCUT2D eigenvalue weighted by atomic mass is 10.1. The third kappa shape index (κ3) is 4.31. The van der Waals surface area contributed by atoms with Gasteiger partial charge in [-0.1, -0.05) is 47.6 Å². The molecule has 1 atom stereocenters. The summed E-state index contributed by atoms with van der Waals surface area (Å²) in [4.78, 5) is 12.4. The molecule has 0 saturated heterocycles. The van der Waals surface area contributed by atoms with Gasteiger partial charge in [0.25, 0.3) is 0 Å². The summed E-state index contributed by atoms with van der Waals surface area (Å²) >= 11 is 6.99. The lowest BCUT2D eigenvalue weighted by molar-refractivity contribution is -0.115. The second-order valence-corrected chi connectivity index (χ2v) is 7.80. The quantitative estimate of drug-likeness (QED) is 0.626. The van der Waals surface area contributed by atoms with E-state index in [2.05, 4.69) is 15.5 Å². The van der Waals surface area contributed by atoms with Crippen molar-refractivity contribution in [2.75, 3.05) is 5.32 Å². The maximum absolute atomic E-state index is 13.9. The van der Waals surface area contributed by atoms with Gasteiger partial charge in [0.15, 0.2) is 11.0 Å². The van der Waals surface area contributed by atoms with Crippen LogP contribution in [-0.4, -0.2) is 25.9 Å². The monoisotopic (exact) mass is 404 g/mol. The molecular weight excluding hydrogens is 387 g/mol. The minimum absolute atomic E-state index is 0.0930. The van der Waals surface area contributed by atoms with Gasteiger partial charge < -0.3 is 9.88 Å². The Balaban J connectivity index is 1.73. The Morgan fingerprint density at radius 3 is 2.70 bits per heavy atom. The molecule has 0 bridgehead atoms. The summed E-state index contributed by atoms with van der Waals surface area (Å²) in [6.07, 6.45) is 0. The molecule has 0 aliphatic rings. The molecule has 0 fully saturated rings. The fourth-order valence-corrected chi connectivity index (χ4v) is 3.49. The molecule has 3 rings (SSSR count). The fraction of sp³-hybridized carbons (Fsp3) is 0.211. The molecule has 0 spiro atoms. The minimum atomic E-state index is -0.575. The Morgan fingerprint density at radius 2 is 2.00 bits per heavy atom. The van der Waals surface area contributed by atoms with Crippen molar-refractivity contribution >= 4 is 35.0 Å². The summed E-state index contributed by atoms with van der Waals surface area (Å²) in [5.41, 5.74) is 2.17. The number of nitrogens with one attached hydrogen (secondary N) is 1. The fourth-order valence-electron chi connectivity index (χ4n) is 2.51. The molecule has 8 heteroatoms. The van der Waals surface area contributed by atoms with Crippen LogP contribution in [0.25, 0.3) is 11.4 Å². The van der Waals surface area contributed by atoms with Crippen molar-refractivity contribution in [3.05, 3.63) is 58.9 Å². The minimum Gasteiger partial charge on any atom is -0.323 e. The smallest absolute Gasteiger partial charge is 0.237 e. The predicted molar refractivity (Wildman–Crippen MR) is 107 cm³/mol. The van der Waals surface area contributed by atoms with Crippen LogP contribution in [0.2, 0.25) is 5.02 Å². The molecule has 5 nitrogen and oxygen atoms in total. The first kappa shape index (κ1) is 19.4. The Morgan fingerprint density at radius 1 is 1.26 bits per heavy atom. The standard InChI is InChI=1S/C19H18ClFN4OS/c1-11-6-4-5-7-14(11)17-23-24-19(25(17)3)27-12(2)18(26)22-16-9-8-13(20)10-15(16)21/h4-10,12H,1-3H3,(H,22,26)/t12-/m0/s1. The average Bonchev–Trinajstić information content (AvgIpc) is 2.98. The van der Waals surface area contributed by atoms with Gasteiger partial charge in [0.05, 0.1) is 10.9 Å². The summed E-state index contributed by atoms with van der Waals surface area (Å²) in [6, 6.07) is 12.0. The van der Waals surface area contributed by atoms with Crippen LogP contribution in [0.3, 0.4) is 0 Å². The second-order valence-electron chi connectivity index (χ2n) is 6.05. The summed E-state index contributed by atoms with van der Waals surface area (Å²) in [5.74, 6) is -0.179. The molecule has 0 unspecified atom stereocenters. The largest absolute Gasteiger partial charge is 0.323 e. The number of anilines is 1. The van der Waals surface area contributed by atoms with E-state index in [9.17, 15) is 9.18 Å². The van der Waals surface area contributed by atoms with E-state index in [-0.39, 0.29) is 16.6 Å². The first-order chi connectivity index (χ1) is 12.9. The Kier molecular flexibility index (Phi) is 5.82. The maximum Gasteiger partial charge on any atom is 0.237 e. The summed E-state index contributed by atoms with van der Waals surface area (Å²) < 4.78 is 15.7. The van der Waals surface area contributed by atoms with Crippen LogP contribution in [0.5, 0.6) is 0 Å². The van der Waals surface area contributed by atoms with Crippen LogP contribution in [0.15, 0.2) is 47.6 Å². The van der Waals surface area contributed by atoms with Crippen molar-refractivity contribution in [3.8, 4) is 11.4 Å². The van der Waals surface area contributed by atoms with Gasteiger partial charge in [-0.15, -0.1) is 10.2 Å². The van der Waals surface area contributed by atoms with E-state index < -0.39 is 11.1 Å². The number of thioether (sulfide) groups is 1. The Hall–Kier alpha value is -2.38. The van der Waals surface area contributed by atoms with Gasteiger partial charge in [-0.25, -0.2) is 4.39 Å². The molecule has 27 heavy (non-hydrogen) atoms. The number of aryl methyl sites for hydroxylation is 1. The van der Waals surface area contributed by atoms with Crippen LogP contribution in [0, 0.1) is 12.7 Å². The zero-order valence-corrected chi connectivity index (χ0v) is 16.6. The van der Waals surface area contributed by atoms with Gasteiger partial charge >= 0.3 is 0 Å². The number of amides is 1. The number of nitrogens with zero attached hydrogens (tertiary/aromatic N) is 3.